The molecule has 3 rings (SSSR count). The van der Waals surface area contributed by atoms with E-state index >= 15 is 0 Å². The predicted octanol–water partition coefficient (Wildman–Crippen LogP) is 3.68. The van der Waals surface area contributed by atoms with Crippen molar-refractivity contribution in [2.24, 2.45) is 17.6 Å². The highest BCUT2D eigenvalue weighted by Gasteiger charge is 2.47. The third kappa shape index (κ3) is 3.12. The summed E-state index contributed by atoms with van der Waals surface area (Å²) < 4.78 is 0. The number of hydrogen-bond acceptors (Lipinski definition) is 2. The van der Waals surface area contributed by atoms with Gasteiger partial charge in [-0.3, -0.25) is 4.79 Å². The summed E-state index contributed by atoms with van der Waals surface area (Å²) in [5.74, 6) is 0.952. The average Bonchev–Trinajstić information content (AvgIpc) is 3.29. The van der Waals surface area contributed by atoms with Crippen molar-refractivity contribution in [3.63, 3.8) is 0 Å². The molecule has 0 radical (unpaired) electrons. The number of carbonyl (C=O) groups excluding carboxylic acids is 1. The van der Waals surface area contributed by atoms with Crippen LogP contribution in [0.1, 0.15) is 37.7 Å². The van der Waals surface area contributed by atoms with Crippen molar-refractivity contribution in [3.05, 3.63) is 33.8 Å². The van der Waals surface area contributed by atoms with Gasteiger partial charge in [-0.25, -0.2) is 0 Å². The largest absolute Gasteiger partial charge is 0.342 e. The zero-order chi connectivity index (χ0) is 15.9. The Balaban J connectivity index is 1.66. The van der Waals surface area contributed by atoms with Gasteiger partial charge in [0.1, 0.15) is 0 Å². The molecule has 2 N–H and O–H groups in total. The predicted molar refractivity (Wildman–Crippen MR) is 90.3 cm³/mol. The monoisotopic (exact) mass is 340 g/mol. The number of nitrogens with two attached hydrogens (primary N) is 1. The minimum Gasteiger partial charge on any atom is -0.342 e. The molecule has 2 aliphatic rings. The topological polar surface area (TPSA) is 46.3 Å². The van der Waals surface area contributed by atoms with Gasteiger partial charge in [0.2, 0.25) is 5.91 Å². The van der Waals surface area contributed by atoms with Crippen LogP contribution in [0.3, 0.4) is 0 Å². The number of hydrogen-bond donors (Lipinski definition) is 1. The number of piperidine rings is 1. The van der Waals surface area contributed by atoms with E-state index in [0.29, 0.717) is 16.0 Å². The summed E-state index contributed by atoms with van der Waals surface area (Å²) in [7, 11) is 0. The van der Waals surface area contributed by atoms with Gasteiger partial charge >= 0.3 is 0 Å². The standard InChI is InChI=1S/C17H22Cl2N2O/c1-10(20)11-4-3-7-21(9-11)17(22)14-8-13(14)12-5-2-6-15(18)16(12)19/h2,5-6,10-11,13-14H,3-4,7-9,20H2,1H3/t10-,11+,13+,14-/m0/s1. The van der Waals surface area contributed by atoms with E-state index in [9.17, 15) is 4.79 Å². The molecule has 0 bridgehead atoms. The number of carbonyl (C=O) groups is 1. The summed E-state index contributed by atoms with van der Waals surface area (Å²) >= 11 is 12.3. The molecule has 120 valence electrons. The van der Waals surface area contributed by atoms with Crippen LogP contribution < -0.4 is 5.73 Å². The van der Waals surface area contributed by atoms with E-state index in [2.05, 4.69) is 0 Å². The van der Waals surface area contributed by atoms with Crippen molar-refractivity contribution in [1.82, 2.24) is 4.90 Å². The van der Waals surface area contributed by atoms with Gasteiger partial charge in [0.25, 0.3) is 0 Å². The van der Waals surface area contributed by atoms with E-state index in [1.165, 1.54) is 0 Å². The zero-order valence-electron chi connectivity index (χ0n) is 12.8. The molecule has 0 aromatic heterocycles. The van der Waals surface area contributed by atoms with Crippen LogP contribution in [0.2, 0.25) is 10.0 Å². The molecule has 1 aromatic rings. The van der Waals surface area contributed by atoms with Crippen LogP contribution in [0, 0.1) is 11.8 Å². The Labute approximate surface area is 141 Å². The Bertz CT molecular complexity index is 576. The smallest absolute Gasteiger partial charge is 0.226 e. The van der Waals surface area contributed by atoms with E-state index in [0.717, 1.165) is 37.9 Å². The fraction of sp³-hybridized carbons (Fsp3) is 0.588. The van der Waals surface area contributed by atoms with E-state index < -0.39 is 0 Å². The van der Waals surface area contributed by atoms with Crippen molar-refractivity contribution < 1.29 is 4.79 Å². The van der Waals surface area contributed by atoms with Gasteiger partial charge in [0.15, 0.2) is 0 Å². The second kappa shape index (κ2) is 6.38. The molecule has 0 spiro atoms. The Morgan fingerprint density at radius 2 is 2.18 bits per heavy atom. The van der Waals surface area contributed by atoms with Crippen LogP contribution in [0.5, 0.6) is 0 Å². The quantitative estimate of drug-likeness (QED) is 0.912. The average molecular weight is 341 g/mol. The third-order valence-electron chi connectivity index (χ3n) is 5.00. The van der Waals surface area contributed by atoms with E-state index in [-0.39, 0.29) is 23.8 Å². The van der Waals surface area contributed by atoms with Crippen LogP contribution >= 0.6 is 23.2 Å². The molecule has 4 atom stereocenters. The van der Waals surface area contributed by atoms with E-state index in [1.807, 2.05) is 24.0 Å². The Morgan fingerprint density at radius 1 is 1.41 bits per heavy atom. The maximum Gasteiger partial charge on any atom is 0.226 e. The number of likely N-dealkylation sites (tertiary alicyclic amines) is 1. The zero-order valence-corrected chi connectivity index (χ0v) is 14.3. The molecule has 0 unspecified atom stereocenters. The van der Waals surface area contributed by atoms with Gasteiger partial charge in [-0.2, -0.15) is 0 Å². The number of rotatable bonds is 3. The second-order valence-corrected chi connectivity index (χ2v) is 7.42. The lowest BCUT2D eigenvalue weighted by Gasteiger charge is -2.35. The SMILES string of the molecule is C[C@H](N)[C@@H]1CCCN(C(=O)[C@H]2C[C@@H]2c2cccc(Cl)c2Cl)C1. The van der Waals surface area contributed by atoms with Crippen LogP contribution in [-0.4, -0.2) is 29.9 Å². The van der Waals surface area contributed by atoms with Gasteiger partial charge in [-0.05, 0) is 49.7 Å². The van der Waals surface area contributed by atoms with Crippen molar-refractivity contribution in [3.8, 4) is 0 Å². The Hall–Kier alpha value is -0.770. The van der Waals surface area contributed by atoms with Gasteiger partial charge in [-0.15, -0.1) is 0 Å². The lowest BCUT2D eigenvalue weighted by molar-refractivity contribution is -0.134. The summed E-state index contributed by atoms with van der Waals surface area (Å²) in [6, 6.07) is 5.81. The van der Waals surface area contributed by atoms with Crippen molar-refractivity contribution in [1.29, 1.82) is 0 Å². The molecule has 5 heteroatoms. The summed E-state index contributed by atoms with van der Waals surface area (Å²) in [6.07, 6.45) is 3.04. The maximum absolute atomic E-state index is 12.7. The van der Waals surface area contributed by atoms with E-state index in [1.54, 1.807) is 6.07 Å². The first-order valence-electron chi connectivity index (χ1n) is 7.97. The summed E-state index contributed by atoms with van der Waals surface area (Å²) in [6.45, 7) is 3.68. The molecule has 2 fully saturated rings. The number of halogens is 2. The normalized spacial score (nSPS) is 29.3. The first kappa shape index (κ1) is 16.1. The van der Waals surface area contributed by atoms with Crippen molar-refractivity contribution >= 4 is 29.1 Å². The fourth-order valence-electron chi connectivity index (χ4n) is 3.49. The molecule has 22 heavy (non-hydrogen) atoms. The molecule has 3 nitrogen and oxygen atoms in total. The van der Waals surface area contributed by atoms with Gasteiger partial charge in [-0.1, -0.05) is 35.3 Å². The Morgan fingerprint density at radius 3 is 2.91 bits per heavy atom. The lowest BCUT2D eigenvalue weighted by atomic mass is 9.92. The minimum atomic E-state index is 0.0581. The highest BCUT2D eigenvalue weighted by atomic mass is 35.5. The molecule has 1 heterocycles. The number of amides is 1. The molecular weight excluding hydrogens is 319 g/mol. The number of benzene rings is 1. The van der Waals surface area contributed by atoms with Crippen LogP contribution in [0.15, 0.2) is 18.2 Å². The molecule has 1 saturated carbocycles. The maximum atomic E-state index is 12.7. The molecule has 1 aliphatic carbocycles. The molecule has 1 saturated heterocycles. The molecular formula is C17H22Cl2N2O. The van der Waals surface area contributed by atoms with Crippen molar-refractivity contribution in [2.45, 2.75) is 38.1 Å². The van der Waals surface area contributed by atoms with E-state index in [4.69, 9.17) is 28.9 Å². The second-order valence-electron chi connectivity index (χ2n) is 6.64. The van der Waals surface area contributed by atoms with Crippen LogP contribution in [0.4, 0.5) is 0 Å². The lowest BCUT2D eigenvalue weighted by Crippen LogP contribution is -2.45. The molecule has 1 aromatic carbocycles. The number of nitrogens with zero attached hydrogens (tertiary/aromatic N) is 1. The minimum absolute atomic E-state index is 0.0581. The summed E-state index contributed by atoms with van der Waals surface area (Å²) in [5, 5.41) is 1.16. The highest BCUT2D eigenvalue weighted by molar-refractivity contribution is 6.42. The molecule has 1 amide bonds. The molecule has 1 aliphatic heterocycles. The van der Waals surface area contributed by atoms with Crippen LogP contribution in [-0.2, 0) is 4.79 Å². The first-order chi connectivity index (χ1) is 10.5. The highest BCUT2D eigenvalue weighted by Crippen LogP contribution is 2.51. The van der Waals surface area contributed by atoms with Gasteiger partial charge < -0.3 is 10.6 Å². The first-order valence-corrected chi connectivity index (χ1v) is 8.73. The van der Waals surface area contributed by atoms with Gasteiger partial charge in [0, 0.05) is 25.0 Å². The fourth-order valence-corrected chi connectivity index (χ4v) is 3.94. The van der Waals surface area contributed by atoms with Crippen LogP contribution in [0.25, 0.3) is 0 Å². The Kier molecular flexibility index (Phi) is 4.67. The van der Waals surface area contributed by atoms with Crippen molar-refractivity contribution in [2.75, 3.05) is 13.1 Å². The summed E-state index contributed by atoms with van der Waals surface area (Å²) in [5.41, 5.74) is 7.01. The van der Waals surface area contributed by atoms with Gasteiger partial charge in [0.05, 0.1) is 10.0 Å². The summed E-state index contributed by atoms with van der Waals surface area (Å²) in [4.78, 5) is 14.7. The third-order valence-corrected chi connectivity index (χ3v) is 5.84.